The summed E-state index contributed by atoms with van der Waals surface area (Å²) >= 11 is 0.350. The number of Topliss-reactive ketones (excluding diaryl/α,β-unsaturated/α-hetero) is 1. The van der Waals surface area contributed by atoms with Crippen LogP contribution in [-0.2, 0) is 29.4 Å². The second kappa shape index (κ2) is 10.7. The van der Waals surface area contributed by atoms with Gasteiger partial charge in [0.1, 0.15) is 10.7 Å². The van der Waals surface area contributed by atoms with E-state index in [0.29, 0.717) is 53.4 Å². The van der Waals surface area contributed by atoms with Gasteiger partial charge in [-0.3, -0.25) is 9.48 Å². The quantitative estimate of drug-likeness (QED) is 0.132. The Morgan fingerprint density at radius 3 is 2.56 bits per heavy atom. The van der Waals surface area contributed by atoms with Gasteiger partial charge in [-0.1, -0.05) is 5.57 Å². The number of hydrogen-bond donors (Lipinski definition) is 0. The van der Waals surface area contributed by atoms with E-state index in [9.17, 15) is 26.6 Å². The van der Waals surface area contributed by atoms with Gasteiger partial charge in [0.05, 0.1) is 50.0 Å². The number of nitrogens with zero attached hydrogens (tertiary/aromatic N) is 6. The normalized spacial score (nSPS) is 22.9. The van der Waals surface area contributed by atoms with E-state index >= 15 is 0 Å². The lowest BCUT2D eigenvalue weighted by molar-refractivity contribution is -0.134. The van der Waals surface area contributed by atoms with Crippen LogP contribution in [0.15, 0.2) is 59.5 Å². The lowest BCUT2D eigenvalue weighted by Gasteiger charge is -2.47. The molecule has 0 amide bonds. The number of alkyl halides is 3. The zero-order valence-electron chi connectivity index (χ0n) is 24.3. The number of aromatic nitrogens is 5. The molecule has 3 aliphatic carbocycles. The Hall–Kier alpha value is -3.62. The molecule has 0 spiro atoms. The number of hydrogen-bond acceptors (Lipinski definition) is 6. The van der Waals surface area contributed by atoms with Crippen LogP contribution in [0.25, 0.3) is 11.8 Å². The minimum Gasteiger partial charge on any atom is -0.290 e. The highest BCUT2D eigenvalue weighted by molar-refractivity contribution is 7.98. The van der Waals surface area contributed by atoms with Crippen molar-refractivity contribution in [3.8, 4) is 5.69 Å². The van der Waals surface area contributed by atoms with Crippen LogP contribution in [0.5, 0.6) is 0 Å². The number of benzene rings is 1. The Morgan fingerprint density at radius 1 is 1.16 bits per heavy atom. The van der Waals surface area contributed by atoms with Crippen LogP contribution in [0.1, 0.15) is 58.0 Å². The van der Waals surface area contributed by atoms with Crippen molar-refractivity contribution in [2.24, 2.45) is 18.4 Å². The second-order valence-corrected chi connectivity index (χ2v) is 15.4. The largest absolute Gasteiger partial charge is 0.427 e. The molecule has 1 aromatic carbocycles. The summed E-state index contributed by atoms with van der Waals surface area (Å²) in [7, 11) is -1.25. The fourth-order valence-corrected chi connectivity index (χ4v) is 9.33. The van der Waals surface area contributed by atoms with Gasteiger partial charge in [-0.2, -0.15) is 23.4 Å². The first-order valence-electron chi connectivity index (χ1n) is 14.6. The van der Waals surface area contributed by atoms with Crippen LogP contribution >= 0.6 is 11.3 Å². The standard InChI is InChI=1S/C31H30F4N6O2S2/c1-39-18-25(15-37-39)45(2,43)40(17-19-3-4-19)24-8-5-21-11-26-20(14-38-41(26)23-9-6-22(32)7-10-23)12-30(21,13-24)28(42)29-36-16-27(44-29)31(33,34)35/h6-7,9-11,14-16,18-19,24H,2-5,8,12-13,17H2,1H3/t24-,30-,45?/m0/s1. The maximum Gasteiger partial charge on any atom is 0.427 e. The van der Waals surface area contributed by atoms with Gasteiger partial charge < -0.3 is 0 Å². The van der Waals surface area contributed by atoms with Gasteiger partial charge in [0, 0.05) is 25.8 Å². The Morgan fingerprint density at radius 2 is 1.91 bits per heavy atom. The third-order valence-electron chi connectivity index (χ3n) is 9.09. The van der Waals surface area contributed by atoms with Gasteiger partial charge >= 0.3 is 6.18 Å². The predicted molar refractivity (Wildman–Crippen MR) is 163 cm³/mol. The first-order chi connectivity index (χ1) is 21.3. The van der Waals surface area contributed by atoms with E-state index in [2.05, 4.69) is 21.1 Å². The van der Waals surface area contributed by atoms with Crippen LogP contribution in [0, 0.1) is 17.2 Å². The Balaban J connectivity index is 1.32. The summed E-state index contributed by atoms with van der Waals surface area (Å²) in [6, 6.07) is 5.56. The molecule has 8 nitrogen and oxygen atoms in total. The lowest BCUT2D eigenvalue weighted by Crippen LogP contribution is -2.51. The van der Waals surface area contributed by atoms with Crippen LogP contribution in [-0.4, -0.2) is 57.3 Å². The summed E-state index contributed by atoms with van der Waals surface area (Å²) in [5, 5.41) is 8.54. The van der Waals surface area contributed by atoms with E-state index in [1.165, 1.54) is 12.1 Å². The molecule has 0 N–H and O–H groups in total. The van der Waals surface area contributed by atoms with Crippen LogP contribution in [0.4, 0.5) is 17.6 Å². The fraction of sp³-hybridized carbons (Fsp3) is 0.387. The first-order valence-corrected chi connectivity index (χ1v) is 17.1. The molecule has 2 fully saturated rings. The molecule has 0 saturated heterocycles. The average Bonchev–Trinajstić information content (AvgIpc) is 3.33. The molecule has 3 aromatic heterocycles. The molecule has 3 heterocycles. The average molecular weight is 659 g/mol. The third-order valence-corrected chi connectivity index (χ3v) is 12.3. The minimum absolute atomic E-state index is 0.189. The molecule has 236 valence electrons. The maximum absolute atomic E-state index is 14.5. The highest BCUT2D eigenvalue weighted by Gasteiger charge is 2.52. The van der Waals surface area contributed by atoms with Gasteiger partial charge in [0.25, 0.3) is 0 Å². The molecule has 0 aliphatic heterocycles. The highest BCUT2D eigenvalue weighted by Crippen LogP contribution is 2.52. The zero-order valence-corrected chi connectivity index (χ0v) is 26.0. The van der Waals surface area contributed by atoms with E-state index in [0.717, 1.165) is 29.7 Å². The van der Waals surface area contributed by atoms with Gasteiger partial charge in [0.15, 0.2) is 5.01 Å². The van der Waals surface area contributed by atoms with E-state index in [1.54, 1.807) is 47.1 Å². The summed E-state index contributed by atoms with van der Waals surface area (Å²) in [4.78, 5) is 18.0. The van der Waals surface area contributed by atoms with Gasteiger partial charge in [-0.05, 0) is 86.2 Å². The van der Waals surface area contributed by atoms with Gasteiger partial charge in [-0.15, -0.1) is 11.3 Å². The molecule has 0 bridgehead atoms. The summed E-state index contributed by atoms with van der Waals surface area (Å²) in [5.74, 6) is 3.66. The van der Waals surface area contributed by atoms with Crippen molar-refractivity contribution in [3.05, 3.63) is 81.6 Å². The monoisotopic (exact) mass is 658 g/mol. The molecular weight excluding hydrogens is 629 g/mol. The van der Waals surface area contributed by atoms with Crippen molar-refractivity contribution in [2.45, 2.75) is 55.6 Å². The molecule has 4 aromatic rings. The van der Waals surface area contributed by atoms with Crippen molar-refractivity contribution in [1.29, 1.82) is 0 Å². The molecular formula is C31H30F4N6O2S2. The molecule has 2 saturated carbocycles. The molecule has 14 heteroatoms. The van der Waals surface area contributed by atoms with Crippen LogP contribution in [0.3, 0.4) is 0 Å². The molecule has 45 heavy (non-hydrogen) atoms. The van der Waals surface area contributed by atoms with Gasteiger partial charge in [0.2, 0.25) is 5.78 Å². The predicted octanol–water partition coefficient (Wildman–Crippen LogP) is 5.98. The van der Waals surface area contributed by atoms with E-state index in [-0.39, 0.29) is 29.7 Å². The third kappa shape index (κ3) is 5.36. The van der Waals surface area contributed by atoms with Crippen LogP contribution in [0.2, 0.25) is 0 Å². The van der Waals surface area contributed by atoms with E-state index in [1.807, 2.05) is 10.4 Å². The molecule has 7 rings (SSSR count). The van der Waals surface area contributed by atoms with Crippen LogP contribution < -0.4 is 0 Å². The minimum atomic E-state index is -4.62. The smallest absolute Gasteiger partial charge is 0.290 e. The topological polar surface area (TPSA) is 85.9 Å². The number of thiazole rings is 1. The number of allylic oxidation sites excluding steroid dienone is 1. The van der Waals surface area contributed by atoms with Crippen molar-refractivity contribution in [3.63, 3.8) is 0 Å². The summed E-state index contributed by atoms with van der Waals surface area (Å²) in [6.45, 7) is 0.536. The van der Waals surface area contributed by atoms with Crippen molar-refractivity contribution < 1.29 is 26.6 Å². The molecule has 1 unspecified atom stereocenters. The highest BCUT2D eigenvalue weighted by atomic mass is 32.2. The van der Waals surface area contributed by atoms with Crippen molar-refractivity contribution in [1.82, 2.24) is 28.9 Å². The second-order valence-electron chi connectivity index (χ2n) is 12.2. The number of fused-ring (bicyclic) bond motifs is 2. The van der Waals surface area contributed by atoms with Crippen molar-refractivity contribution in [2.75, 3.05) is 6.54 Å². The Labute approximate surface area is 261 Å². The molecule has 3 aliphatic rings. The maximum atomic E-state index is 14.5. The Kier molecular flexibility index (Phi) is 7.17. The number of carbonyl (C=O) groups is 1. The summed E-state index contributed by atoms with van der Waals surface area (Å²) < 4.78 is 74.0. The number of aryl methyl sites for hydroxylation is 1. The van der Waals surface area contributed by atoms with Gasteiger partial charge in [-0.25, -0.2) is 22.6 Å². The SMILES string of the molecule is C=S(=O)(c1cnn(C)c1)N(CC1CC1)[C@H]1CCC2=Cc3c(cnn3-c3ccc(F)cc3)C[C@]2(C(=O)c2ncc(C(F)(F)F)s2)C1. The van der Waals surface area contributed by atoms with Crippen molar-refractivity contribution >= 4 is 38.8 Å². The molecule has 3 atom stereocenters. The number of rotatable bonds is 8. The fourth-order valence-electron chi connectivity index (χ4n) is 6.60. The summed E-state index contributed by atoms with van der Waals surface area (Å²) in [6.07, 6.45) is 6.34. The molecule has 0 radical (unpaired) electrons. The first kappa shape index (κ1) is 30.1. The summed E-state index contributed by atoms with van der Waals surface area (Å²) in [5.41, 5.74) is 1.66. The number of halogens is 4. The lowest BCUT2D eigenvalue weighted by atomic mass is 9.61. The zero-order chi connectivity index (χ0) is 31.7. The van der Waals surface area contributed by atoms with E-state index in [4.69, 9.17) is 0 Å². The van der Waals surface area contributed by atoms with E-state index < -0.39 is 32.0 Å². The Bertz CT molecular complexity index is 1920. The number of carbonyl (C=O) groups excluding carboxylic acids is 1. The number of ketones is 1.